The van der Waals surface area contributed by atoms with Gasteiger partial charge >= 0.3 is 0 Å². The van der Waals surface area contributed by atoms with E-state index in [9.17, 15) is 9.59 Å². The number of ketones is 1. The van der Waals surface area contributed by atoms with E-state index in [1.54, 1.807) is 18.2 Å². The van der Waals surface area contributed by atoms with Crippen molar-refractivity contribution in [3.63, 3.8) is 0 Å². The third-order valence-corrected chi connectivity index (χ3v) is 3.72. The van der Waals surface area contributed by atoms with Crippen molar-refractivity contribution in [1.29, 1.82) is 0 Å². The summed E-state index contributed by atoms with van der Waals surface area (Å²) in [4.78, 5) is 23.1. The highest BCUT2D eigenvalue weighted by Crippen LogP contribution is 2.14. The number of hydrogen-bond acceptors (Lipinski definition) is 4. The van der Waals surface area contributed by atoms with Crippen LogP contribution in [-0.4, -0.2) is 37.4 Å². The first-order valence-corrected chi connectivity index (χ1v) is 7.89. The van der Waals surface area contributed by atoms with Gasteiger partial charge < -0.3 is 15.4 Å². The second-order valence-corrected chi connectivity index (χ2v) is 5.65. The molecule has 1 heterocycles. The fourth-order valence-corrected chi connectivity index (χ4v) is 2.50. The zero-order chi connectivity index (χ0) is 15.8. The average Bonchev–Trinajstić information content (AvgIpc) is 2.53. The van der Waals surface area contributed by atoms with Crippen molar-refractivity contribution in [3.05, 3.63) is 29.8 Å². The Kier molecular flexibility index (Phi) is 8.66. The van der Waals surface area contributed by atoms with Gasteiger partial charge in [0.2, 0.25) is 5.91 Å². The van der Waals surface area contributed by atoms with Crippen molar-refractivity contribution in [2.24, 2.45) is 0 Å². The molecule has 1 aromatic rings. The summed E-state index contributed by atoms with van der Waals surface area (Å²) in [6.07, 6.45) is 3.28. The summed E-state index contributed by atoms with van der Waals surface area (Å²) in [5.41, 5.74) is 0.639. The van der Waals surface area contributed by atoms with E-state index in [-0.39, 0.29) is 30.1 Å². The van der Waals surface area contributed by atoms with Gasteiger partial charge in [-0.2, -0.15) is 0 Å². The maximum absolute atomic E-state index is 11.8. The third kappa shape index (κ3) is 7.01. The molecule has 1 saturated heterocycles. The number of carbonyl (C=O) groups is 2. The van der Waals surface area contributed by atoms with Crippen LogP contribution < -0.4 is 15.4 Å². The molecule has 1 fully saturated rings. The first-order chi connectivity index (χ1) is 10.6. The van der Waals surface area contributed by atoms with Crippen molar-refractivity contribution in [3.8, 4) is 5.75 Å². The highest BCUT2D eigenvalue weighted by molar-refractivity contribution is 5.94. The SMILES string of the molecule is CC(=O)c1cccc(OCCCC(=O)NC2CCCNC2)c1.Cl. The molecule has 0 radical (unpaired) electrons. The zero-order valence-corrected chi connectivity index (χ0v) is 14.3. The minimum Gasteiger partial charge on any atom is -0.494 e. The van der Waals surface area contributed by atoms with Gasteiger partial charge in [0, 0.05) is 24.6 Å². The van der Waals surface area contributed by atoms with Gasteiger partial charge in [0.05, 0.1) is 6.61 Å². The van der Waals surface area contributed by atoms with E-state index in [0.717, 1.165) is 25.9 Å². The minimum atomic E-state index is 0. The monoisotopic (exact) mass is 340 g/mol. The Morgan fingerprint density at radius 3 is 2.91 bits per heavy atom. The summed E-state index contributed by atoms with van der Waals surface area (Å²) in [5.74, 6) is 0.769. The highest BCUT2D eigenvalue weighted by atomic mass is 35.5. The van der Waals surface area contributed by atoms with Crippen LogP contribution in [0.4, 0.5) is 0 Å². The lowest BCUT2D eigenvalue weighted by Gasteiger charge is -2.23. The van der Waals surface area contributed by atoms with Gasteiger partial charge in [0.1, 0.15) is 5.75 Å². The molecule has 23 heavy (non-hydrogen) atoms. The number of carbonyl (C=O) groups excluding carboxylic acids is 2. The van der Waals surface area contributed by atoms with Gasteiger partial charge in [-0.25, -0.2) is 0 Å². The third-order valence-electron chi connectivity index (χ3n) is 3.72. The Morgan fingerprint density at radius 1 is 1.39 bits per heavy atom. The standard InChI is InChI=1S/C17H24N2O3.ClH/c1-13(20)14-5-2-7-16(11-14)22-10-4-8-17(21)19-15-6-3-9-18-12-15;/h2,5,7,11,15,18H,3-4,6,8-10,12H2,1H3,(H,19,21);1H. The first kappa shape index (κ1) is 19.5. The smallest absolute Gasteiger partial charge is 0.220 e. The highest BCUT2D eigenvalue weighted by Gasteiger charge is 2.14. The van der Waals surface area contributed by atoms with Gasteiger partial charge in [-0.15, -0.1) is 12.4 Å². The fraction of sp³-hybridized carbons (Fsp3) is 0.529. The van der Waals surface area contributed by atoms with Gasteiger partial charge in [-0.3, -0.25) is 9.59 Å². The molecule has 0 saturated carbocycles. The summed E-state index contributed by atoms with van der Waals surface area (Å²) in [5, 5.41) is 6.32. The van der Waals surface area contributed by atoms with Crippen LogP contribution in [0.2, 0.25) is 0 Å². The van der Waals surface area contributed by atoms with E-state index in [0.29, 0.717) is 30.8 Å². The second kappa shape index (κ2) is 10.2. The molecule has 6 heteroatoms. The molecule has 2 N–H and O–H groups in total. The van der Waals surface area contributed by atoms with Crippen LogP contribution >= 0.6 is 12.4 Å². The van der Waals surface area contributed by atoms with Crippen LogP contribution in [-0.2, 0) is 4.79 Å². The summed E-state index contributed by atoms with van der Waals surface area (Å²) >= 11 is 0. The molecular weight excluding hydrogens is 316 g/mol. The van der Waals surface area contributed by atoms with Gasteiger partial charge in [-0.1, -0.05) is 12.1 Å². The summed E-state index contributed by atoms with van der Waals surface area (Å²) in [7, 11) is 0. The van der Waals surface area contributed by atoms with Gasteiger partial charge in [0.25, 0.3) is 0 Å². The van der Waals surface area contributed by atoms with Crippen LogP contribution in [0.3, 0.4) is 0 Å². The molecule has 1 atom stereocenters. The van der Waals surface area contributed by atoms with E-state index in [2.05, 4.69) is 10.6 Å². The van der Waals surface area contributed by atoms with Crippen molar-refractivity contribution in [1.82, 2.24) is 10.6 Å². The van der Waals surface area contributed by atoms with E-state index in [1.807, 2.05) is 6.07 Å². The van der Waals surface area contributed by atoms with Gasteiger partial charge in [-0.05, 0) is 44.9 Å². The summed E-state index contributed by atoms with van der Waals surface area (Å²) in [6.45, 7) is 3.90. The Hall–Kier alpha value is -1.59. The van der Waals surface area contributed by atoms with Gasteiger partial charge in [0.15, 0.2) is 5.78 Å². The van der Waals surface area contributed by atoms with Crippen molar-refractivity contribution in [2.45, 2.75) is 38.6 Å². The molecule has 1 aliphatic heterocycles. The second-order valence-electron chi connectivity index (χ2n) is 5.65. The number of ether oxygens (including phenoxy) is 1. The Labute approximate surface area is 143 Å². The molecule has 1 aliphatic rings. The van der Waals surface area contributed by atoms with Crippen LogP contribution in [0.25, 0.3) is 0 Å². The first-order valence-electron chi connectivity index (χ1n) is 7.89. The number of nitrogens with one attached hydrogen (secondary N) is 2. The summed E-state index contributed by atoms with van der Waals surface area (Å²) in [6, 6.07) is 7.38. The van der Waals surface area contributed by atoms with Crippen LogP contribution in [0, 0.1) is 0 Å². The zero-order valence-electron chi connectivity index (χ0n) is 13.5. The number of halogens is 1. The molecule has 5 nitrogen and oxygen atoms in total. The van der Waals surface area contributed by atoms with E-state index in [1.165, 1.54) is 6.92 Å². The molecule has 2 rings (SSSR count). The molecule has 128 valence electrons. The lowest BCUT2D eigenvalue weighted by atomic mass is 10.1. The Balaban J connectivity index is 0.00000264. The maximum Gasteiger partial charge on any atom is 0.220 e. The number of rotatable bonds is 7. The van der Waals surface area contributed by atoms with Crippen molar-refractivity contribution >= 4 is 24.1 Å². The Morgan fingerprint density at radius 2 is 2.22 bits per heavy atom. The number of benzene rings is 1. The molecule has 0 bridgehead atoms. The lowest BCUT2D eigenvalue weighted by Crippen LogP contribution is -2.45. The predicted octanol–water partition coefficient (Wildman–Crippen LogP) is 2.34. The largest absolute Gasteiger partial charge is 0.494 e. The van der Waals surface area contributed by atoms with Crippen LogP contribution in [0.5, 0.6) is 5.75 Å². The normalized spacial score (nSPS) is 17.0. The molecule has 1 unspecified atom stereocenters. The molecule has 0 aliphatic carbocycles. The van der Waals surface area contributed by atoms with Crippen molar-refractivity contribution in [2.75, 3.05) is 19.7 Å². The summed E-state index contributed by atoms with van der Waals surface area (Å²) < 4.78 is 5.59. The number of Topliss-reactive ketones (excluding diaryl/α,β-unsaturated/α-hetero) is 1. The van der Waals surface area contributed by atoms with E-state index in [4.69, 9.17) is 4.74 Å². The van der Waals surface area contributed by atoms with E-state index < -0.39 is 0 Å². The average molecular weight is 341 g/mol. The number of piperidine rings is 1. The molecule has 0 aromatic heterocycles. The topological polar surface area (TPSA) is 67.4 Å². The number of hydrogen-bond donors (Lipinski definition) is 2. The predicted molar refractivity (Wildman–Crippen MR) is 92.5 cm³/mol. The molecular formula is C17H25ClN2O3. The van der Waals surface area contributed by atoms with Crippen molar-refractivity contribution < 1.29 is 14.3 Å². The Bertz CT molecular complexity index is 516. The molecule has 1 amide bonds. The number of amides is 1. The van der Waals surface area contributed by atoms with Crippen LogP contribution in [0.15, 0.2) is 24.3 Å². The molecule has 0 spiro atoms. The lowest BCUT2D eigenvalue weighted by molar-refractivity contribution is -0.122. The van der Waals surface area contributed by atoms with Crippen LogP contribution in [0.1, 0.15) is 43.0 Å². The quantitative estimate of drug-likeness (QED) is 0.590. The minimum absolute atomic E-state index is 0. The molecule has 1 aromatic carbocycles. The maximum atomic E-state index is 11.8. The fourth-order valence-electron chi connectivity index (χ4n) is 2.50. The van der Waals surface area contributed by atoms with E-state index >= 15 is 0 Å².